The van der Waals surface area contributed by atoms with Crippen molar-refractivity contribution in [3.8, 4) is 5.88 Å². The van der Waals surface area contributed by atoms with Crippen LogP contribution in [0.15, 0.2) is 29.7 Å². The summed E-state index contributed by atoms with van der Waals surface area (Å²) in [5.41, 5.74) is 1.10. The molecule has 0 fully saturated rings. The maximum absolute atomic E-state index is 5.07. The first-order valence-corrected chi connectivity index (χ1v) is 5.24. The van der Waals surface area contributed by atoms with Gasteiger partial charge in [0.1, 0.15) is 0 Å². The van der Waals surface area contributed by atoms with Gasteiger partial charge < -0.3 is 4.74 Å². The Bertz CT molecular complexity index is 324. The molecule has 1 unspecified atom stereocenters. The van der Waals surface area contributed by atoms with Crippen LogP contribution in [0.25, 0.3) is 0 Å². The maximum atomic E-state index is 5.07. The van der Waals surface area contributed by atoms with Crippen LogP contribution in [0.4, 0.5) is 0 Å². The zero-order valence-corrected chi connectivity index (χ0v) is 8.25. The monoisotopic (exact) mass is 193 g/mol. The first kappa shape index (κ1) is 8.63. The predicted molar refractivity (Wildman–Crippen MR) is 55.1 cm³/mol. The van der Waals surface area contributed by atoms with E-state index < -0.39 is 0 Å². The number of nitrogens with zero attached hydrogens (tertiary/aromatic N) is 1. The molecule has 0 N–H and O–H groups in total. The molecular formula is C10H11NOS. The van der Waals surface area contributed by atoms with Crippen molar-refractivity contribution in [3.05, 3.63) is 35.4 Å². The minimum absolute atomic E-state index is 0.458. The zero-order chi connectivity index (χ0) is 9.10. The summed E-state index contributed by atoms with van der Waals surface area (Å²) in [5.74, 6) is 2.25. The second-order valence-corrected chi connectivity index (χ2v) is 3.81. The Morgan fingerprint density at radius 3 is 3.15 bits per heavy atom. The molecule has 1 aromatic heterocycles. The van der Waals surface area contributed by atoms with Gasteiger partial charge in [0.05, 0.1) is 12.8 Å². The van der Waals surface area contributed by atoms with Crippen LogP contribution in [-0.4, -0.2) is 17.8 Å². The van der Waals surface area contributed by atoms with E-state index in [9.17, 15) is 0 Å². The maximum Gasteiger partial charge on any atom is 0.213 e. The minimum atomic E-state index is 0.458. The lowest BCUT2D eigenvalue weighted by Crippen LogP contribution is -1.99. The standard InChI is InChI=1S/C10H11NOS/c1-12-10-4-2-3-9(11-10)8-5-6-13-7-8/h2-6,8H,7H2,1H3. The minimum Gasteiger partial charge on any atom is -0.481 e. The number of hydrogen-bond donors (Lipinski definition) is 0. The lowest BCUT2D eigenvalue weighted by atomic mass is 10.1. The molecule has 1 aliphatic rings. The van der Waals surface area contributed by atoms with Crippen molar-refractivity contribution in [3.63, 3.8) is 0 Å². The number of aromatic nitrogens is 1. The largest absolute Gasteiger partial charge is 0.481 e. The Hall–Kier alpha value is -0.960. The summed E-state index contributed by atoms with van der Waals surface area (Å²) >= 11 is 1.83. The third kappa shape index (κ3) is 1.86. The molecule has 0 aliphatic carbocycles. The van der Waals surface area contributed by atoms with Crippen molar-refractivity contribution < 1.29 is 4.74 Å². The van der Waals surface area contributed by atoms with Gasteiger partial charge in [0.25, 0.3) is 0 Å². The van der Waals surface area contributed by atoms with Gasteiger partial charge in [-0.25, -0.2) is 4.98 Å². The number of pyridine rings is 1. The van der Waals surface area contributed by atoms with Gasteiger partial charge in [-0.15, -0.1) is 11.8 Å². The van der Waals surface area contributed by atoms with E-state index in [4.69, 9.17) is 4.74 Å². The van der Waals surface area contributed by atoms with Crippen LogP contribution in [-0.2, 0) is 0 Å². The molecule has 0 aromatic carbocycles. The average Bonchev–Trinajstić information content (AvgIpc) is 2.71. The van der Waals surface area contributed by atoms with Crippen LogP contribution < -0.4 is 4.74 Å². The quantitative estimate of drug-likeness (QED) is 0.720. The molecule has 68 valence electrons. The Labute approximate surface area is 82.0 Å². The van der Waals surface area contributed by atoms with E-state index in [1.165, 1.54) is 0 Å². The summed E-state index contributed by atoms with van der Waals surface area (Å²) in [7, 11) is 1.64. The van der Waals surface area contributed by atoms with E-state index >= 15 is 0 Å². The van der Waals surface area contributed by atoms with Gasteiger partial charge in [-0.05, 0) is 11.5 Å². The fourth-order valence-corrected chi connectivity index (χ4v) is 2.20. The highest BCUT2D eigenvalue weighted by atomic mass is 32.2. The summed E-state index contributed by atoms with van der Waals surface area (Å²) < 4.78 is 5.07. The van der Waals surface area contributed by atoms with E-state index in [-0.39, 0.29) is 0 Å². The first-order valence-electron chi connectivity index (χ1n) is 4.19. The van der Waals surface area contributed by atoms with E-state index in [1.807, 2.05) is 30.0 Å². The van der Waals surface area contributed by atoms with Gasteiger partial charge in [-0.3, -0.25) is 0 Å². The molecule has 0 saturated heterocycles. The normalized spacial score (nSPS) is 20.5. The molecule has 2 heterocycles. The second kappa shape index (κ2) is 3.83. The third-order valence-electron chi connectivity index (χ3n) is 2.02. The average molecular weight is 193 g/mol. The highest BCUT2D eigenvalue weighted by Crippen LogP contribution is 2.28. The SMILES string of the molecule is COc1cccc(C2C=CSC2)n1. The molecule has 3 heteroatoms. The number of thioether (sulfide) groups is 1. The van der Waals surface area contributed by atoms with E-state index in [0.717, 1.165) is 11.4 Å². The molecule has 2 nitrogen and oxygen atoms in total. The molecular weight excluding hydrogens is 182 g/mol. The Morgan fingerprint density at radius 2 is 2.46 bits per heavy atom. The van der Waals surface area contributed by atoms with Gasteiger partial charge in [-0.2, -0.15) is 0 Å². The summed E-state index contributed by atoms with van der Waals surface area (Å²) in [6.45, 7) is 0. The molecule has 0 saturated carbocycles. The number of ether oxygens (including phenoxy) is 1. The molecule has 0 radical (unpaired) electrons. The van der Waals surface area contributed by atoms with Crippen LogP contribution in [0.3, 0.4) is 0 Å². The number of hydrogen-bond acceptors (Lipinski definition) is 3. The Balaban J connectivity index is 2.24. The molecule has 0 bridgehead atoms. The summed E-state index contributed by atoms with van der Waals surface area (Å²) in [4.78, 5) is 4.39. The van der Waals surface area contributed by atoms with Gasteiger partial charge in [0.2, 0.25) is 5.88 Å². The van der Waals surface area contributed by atoms with Gasteiger partial charge >= 0.3 is 0 Å². The second-order valence-electron chi connectivity index (χ2n) is 2.87. The zero-order valence-electron chi connectivity index (χ0n) is 7.43. The number of rotatable bonds is 2. The summed E-state index contributed by atoms with van der Waals surface area (Å²) in [5, 5.41) is 2.13. The number of allylic oxidation sites excluding steroid dienone is 1. The van der Waals surface area contributed by atoms with Crippen LogP contribution in [0.5, 0.6) is 5.88 Å². The molecule has 1 aliphatic heterocycles. The van der Waals surface area contributed by atoms with Gasteiger partial charge in [0, 0.05) is 17.7 Å². The van der Waals surface area contributed by atoms with Crippen LogP contribution in [0.2, 0.25) is 0 Å². The molecule has 0 amide bonds. The van der Waals surface area contributed by atoms with E-state index in [2.05, 4.69) is 16.5 Å². The molecule has 1 atom stereocenters. The van der Waals surface area contributed by atoms with Gasteiger partial charge in [0.15, 0.2) is 0 Å². The molecule has 13 heavy (non-hydrogen) atoms. The van der Waals surface area contributed by atoms with Crippen molar-refractivity contribution in [1.82, 2.24) is 4.98 Å². The fraction of sp³-hybridized carbons (Fsp3) is 0.300. The van der Waals surface area contributed by atoms with Crippen molar-refractivity contribution in [1.29, 1.82) is 0 Å². The van der Waals surface area contributed by atoms with Gasteiger partial charge in [-0.1, -0.05) is 12.1 Å². The molecule has 2 rings (SSSR count). The topological polar surface area (TPSA) is 22.1 Å². The predicted octanol–water partition coefficient (Wildman–Crippen LogP) is 2.43. The summed E-state index contributed by atoms with van der Waals surface area (Å²) in [6, 6.07) is 5.90. The third-order valence-corrected chi connectivity index (χ3v) is 2.92. The Morgan fingerprint density at radius 1 is 1.54 bits per heavy atom. The molecule has 0 spiro atoms. The number of methoxy groups -OCH3 is 1. The van der Waals surface area contributed by atoms with Crippen molar-refractivity contribution in [2.45, 2.75) is 5.92 Å². The highest BCUT2D eigenvalue weighted by Gasteiger charge is 2.13. The highest BCUT2D eigenvalue weighted by molar-refractivity contribution is 8.02. The lowest BCUT2D eigenvalue weighted by Gasteiger charge is -2.07. The van der Waals surface area contributed by atoms with E-state index in [0.29, 0.717) is 11.8 Å². The molecule has 1 aromatic rings. The van der Waals surface area contributed by atoms with Crippen LogP contribution in [0, 0.1) is 0 Å². The van der Waals surface area contributed by atoms with Crippen molar-refractivity contribution in [2.24, 2.45) is 0 Å². The van der Waals surface area contributed by atoms with Crippen LogP contribution >= 0.6 is 11.8 Å². The first-order chi connectivity index (χ1) is 6.40. The lowest BCUT2D eigenvalue weighted by molar-refractivity contribution is 0.396. The smallest absolute Gasteiger partial charge is 0.213 e. The van der Waals surface area contributed by atoms with Crippen molar-refractivity contribution in [2.75, 3.05) is 12.9 Å². The van der Waals surface area contributed by atoms with Crippen LogP contribution in [0.1, 0.15) is 11.6 Å². The van der Waals surface area contributed by atoms with Crippen molar-refractivity contribution >= 4 is 11.8 Å². The summed E-state index contributed by atoms with van der Waals surface area (Å²) in [6.07, 6.45) is 2.19. The fourth-order valence-electron chi connectivity index (χ4n) is 1.30. The van der Waals surface area contributed by atoms with E-state index in [1.54, 1.807) is 7.11 Å². The Kier molecular flexibility index (Phi) is 2.54.